The molecular weight excluding hydrogens is 188 g/mol. The zero-order valence-electron chi connectivity index (χ0n) is 7.07. The second-order valence-corrected chi connectivity index (χ2v) is 3.88. The fourth-order valence-electron chi connectivity index (χ4n) is 1.17. The first-order valence-corrected chi connectivity index (χ1v) is 4.59. The first-order valence-electron chi connectivity index (χ1n) is 3.70. The first kappa shape index (κ1) is 9.96. The Morgan fingerprint density at radius 3 is 2.42 bits per heavy atom. The third kappa shape index (κ3) is 1.79. The average Bonchev–Trinajstić information content (AvgIpc) is 1.97. The predicted molar refractivity (Wildman–Crippen MR) is 58.5 cm³/mol. The lowest BCUT2D eigenvalue weighted by atomic mass is 10.00. The van der Waals surface area contributed by atoms with Crippen molar-refractivity contribution in [1.29, 1.82) is 0 Å². The minimum absolute atomic E-state index is 0.529. The lowest BCUT2D eigenvalue weighted by Gasteiger charge is -2.19. The maximum atomic E-state index is 9.57. The highest BCUT2D eigenvalue weighted by Gasteiger charge is 2.17. The molecule has 0 fully saturated rings. The van der Waals surface area contributed by atoms with Crippen LogP contribution >= 0.6 is 25.3 Å². The predicted octanol–water partition coefficient (Wildman–Crippen LogP) is 2.32. The van der Waals surface area contributed by atoms with E-state index in [4.69, 9.17) is 0 Å². The fourth-order valence-corrected chi connectivity index (χ4v) is 1.81. The number of rotatable bonds is 0. The molecule has 0 spiro atoms. The minimum atomic E-state index is -0.529. The van der Waals surface area contributed by atoms with Crippen LogP contribution in [0.2, 0.25) is 0 Å². The topological polar surface area (TPSA) is 20.2 Å². The molecular formula is C9H12OS2. The fraction of sp³-hybridized carbons (Fsp3) is 0.333. The summed E-state index contributed by atoms with van der Waals surface area (Å²) in [5.74, 6) is 0. The van der Waals surface area contributed by atoms with Crippen LogP contribution in [0.25, 0.3) is 0 Å². The van der Waals surface area contributed by atoms with E-state index in [0.717, 1.165) is 21.0 Å². The van der Waals surface area contributed by atoms with Crippen molar-refractivity contribution in [3.05, 3.63) is 33.1 Å². The van der Waals surface area contributed by atoms with Gasteiger partial charge in [-0.25, -0.2) is 0 Å². The molecule has 1 aliphatic carbocycles. The van der Waals surface area contributed by atoms with E-state index in [2.05, 4.69) is 25.3 Å². The van der Waals surface area contributed by atoms with Gasteiger partial charge in [0.05, 0.1) is 6.10 Å². The van der Waals surface area contributed by atoms with Crippen LogP contribution in [-0.2, 0) is 0 Å². The monoisotopic (exact) mass is 200 g/mol. The van der Waals surface area contributed by atoms with Gasteiger partial charge >= 0.3 is 0 Å². The van der Waals surface area contributed by atoms with Crippen LogP contribution in [0.5, 0.6) is 0 Å². The van der Waals surface area contributed by atoms with Gasteiger partial charge in [0.15, 0.2) is 0 Å². The summed E-state index contributed by atoms with van der Waals surface area (Å²) in [7, 11) is 0. The zero-order valence-corrected chi connectivity index (χ0v) is 8.86. The molecule has 0 saturated carbocycles. The Kier molecular flexibility index (Phi) is 3.09. The Balaban J connectivity index is 3.19. The normalized spacial score (nSPS) is 23.4. The lowest BCUT2D eigenvalue weighted by molar-refractivity contribution is 0.260. The highest BCUT2D eigenvalue weighted by molar-refractivity contribution is 7.89. The van der Waals surface area contributed by atoms with Gasteiger partial charge in [0, 0.05) is 9.81 Å². The Morgan fingerprint density at radius 2 is 2.00 bits per heavy atom. The van der Waals surface area contributed by atoms with Crippen LogP contribution in [-0.4, -0.2) is 11.2 Å². The molecule has 1 aliphatic rings. The number of hydrogen-bond acceptors (Lipinski definition) is 3. The Bertz CT molecular complexity index is 283. The van der Waals surface area contributed by atoms with E-state index in [1.54, 1.807) is 12.2 Å². The summed E-state index contributed by atoms with van der Waals surface area (Å²) >= 11 is 8.51. The van der Waals surface area contributed by atoms with Gasteiger partial charge in [0.2, 0.25) is 0 Å². The van der Waals surface area contributed by atoms with E-state index in [1.807, 2.05) is 13.8 Å². The molecule has 0 aromatic rings. The summed E-state index contributed by atoms with van der Waals surface area (Å²) in [4.78, 5) is 1.58. The third-order valence-corrected chi connectivity index (χ3v) is 2.80. The summed E-state index contributed by atoms with van der Waals surface area (Å²) < 4.78 is 0. The van der Waals surface area contributed by atoms with Crippen LogP contribution in [0.4, 0.5) is 0 Å². The summed E-state index contributed by atoms with van der Waals surface area (Å²) in [6.07, 6.45) is 2.95. The molecule has 0 saturated heterocycles. The van der Waals surface area contributed by atoms with Crippen molar-refractivity contribution in [2.75, 3.05) is 0 Å². The van der Waals surface area contributed by atoms with Crippen molar-refractivity contribution in [3.63, 3.8) is 0 Å². The molecule has 0 aromatic heterocycles. The van der Waals surface area contributed by atoms with Crippen LogP contribution in [0.1, 0.15) is 13.8 Å². The molecule has 0 aliphatic heterocycles. The quantitative estimate of drug-likeness (QED) is 0.513. The van der Waals surface area contributed by atoms with Crippen molar-refractivity contribution in [2.45, 2.75) is 20.0 Å². The van der Waals surface area contributed by atoms with Crippen molar-refractivity contribution in [1.82, 2.24) is 0 Å². The number of thiol groups is 2. The van der Waals surface area contributed by atoms with Gasteiger partial charge in [0.25, 0.3) is 0 Å². The molecule has 1 rings (SSSR count). The molecule has 12 heavy (non-hydrogen) atoms. The largest absolute Gasteiger partial charge is 0.384 e. The summed E-state index contributed by atoms with van der Waals surface area (Å²) in [5, 5.41) is 9.57. The van der Waals surface area contributed by atoms with Crippen molar-refractivity contribution >= 4 is 25.3 Å². The van der Waals surface area contributed by atoms with Crippen LogP contribution in [0.15, 0.2) is 33.1 Å². The van der Waals surface area contributed by atoms with Crippen LogP contribution < -0.4 is 0 Å². The molecule has 1 unspecified atom stereocenters. The molecule has 0 aromatic carbocycles. The van der Waals surface area contributed by atoms with Crippen LogP contribution in [0.3, 0.4) is 0 Å². The van der Waals surface area contributed by atoms with Gasteiger partial charge < -0.3 is 5.11 Å². The van der Waals surface area contributed by atoms with Crippen molar-refractivity contribution < 1.29 is 5.11 Å². The average molecular weight is 200 g/mol. The minimum Gasteiger partial charge on any atom is -0.384 e. The van der Waals surface area contributed by atoms with E-state index in [1.165, 1.54) is 0 Å². The molecule has 1 N–H and O–H groups in total. The molecule has 1 atom stereocenters. The Hall–Kier alpha value is -0.120. The van der Waals surface area contributed by atoms with Gasteiger partial charge in [-0.2, -0.15) is 0 Å². The first-order chi connectivity index (χ1) is 5.54. The zero-order chi connectivity index (χ0) is 9.30. The maximum Gasteiger partial charge on any atom is 0.0985 e. The molecule has 0 amide bonds. The molecule has 1 nitrogen and oxygen atoms in total. The van der Waals surface area contributed by atoms with Gasteiger partial charge in [-0.05, 0) is 25.5 Å². The Morgan fingerprint density at radius 1 is 1.42 bits per heavy atom. The molecule has 0 radical (unpaired) electrons. The van der Waals surface area contributed by atoms with E-state index >= 15 is 0 Å². The lowest BCUT2D eigenvalue weighted by Crippen LogP contribution is -2.12. The van der Waals surface area contributed by atoms with E-state index < -0.39 is 6.10 Å². The number of hydrogen-bond donors (Lipinski definition) is 3. The smallest absolute Gasteiger partial charge is 0.0985 e. The molecule has 3 heteroatoms. The second kappa shape index (κ2) is 3.73. The standard InChI is InChI=1S/C9H12OS2/c1-5(2)8-6(10)3-4-7(11)9(8)12/h3-4,6,10-12H,1-2H3. The van der Waals surface area contributed by atoms with Gasteiger partial charge in [-0.1, -0.05) is 11.6 Å². The third-order valence-electron chi connectivity index (χ3n) is 1.77. The highest BCUT2D eigenvalue weighted by Crippen LogP contribution is 2.31. The van der Waals surface area contributed by atoms with E-state index in [0.29, 0.717) is 0 Å². The van der Waals surface area contributed by atoms with Gasteiger partial charge in [-0.3, -0.25) is 0 Å². The summed E-state index contributed by atoms with van der Waals surface area (Å²) in [5.41, 5.74) is 1.94. The number of aliphatic hydroxyl groups excluding tert-OH is 1. The van der Waals surface area contributed by atoms with E-state index in [9.17, 15) is 5.11 Å². The summed E-state index contributed by atoms with van der Waals surface area (Å²) in [6.45, 7) is 3.91. The van der Waals surface area contributed by atoms with Gasteiger partial charge in [-0.15, -0.1) is 25.3 Å². The maximum absolute atomic E-state index is 9.57. The highest BCUT2D eigenvalue weighted by atomic mass is 32.1. The second-order valence-electron chi connectivity index (χ2n) is 2.95. The number of allylic oxidation sites excluding steroid dienone is 2. The van der Waals surface area contributed by atoms with Crippen molar-refractivity contribution in [2.24, 2.45) is 0 Å². The molecule has 66 valence electrons. The molecule has 0 bridgehead atoms. The van der Waals surface area contributed by atoms with Gasteiger partial charge in [0.1, 0.15) is 0 Å². The molecule has 0 heterocycles. The van der Waals surface area contributed by atoms with Crippen LogP contribution in [0, 0.1) is 0 Å². The van der Waals surface area contributed by atoms with E-state index in [-0.39, 0.29) is 0 Å². The van der Waals surface area contributed by atoms with Crippen molar-refractivity contribution in [3.8, 4) is 0 Å². The Labute approximate surface area is 83.7 Å². The SMILES string of the molecule is CC(C)=C1C(S)=C(S)C=CC1O. The summed E-state index contributed by atoms with van der Waals surface area (Å²) in [6, 6.07) is 0. The number of aliphatic hydroxyl groups is 1.